The van der Waals surface area contributed by atoms with Crippen LogP contribution >= 0.6 is 15.9 Å². The van der Waals surface area contributed by atoms with Gasteiger partial charge in [0.25, 0.3) is 0 Å². The second-order valence-corrected chi connectivity index (χ2v) is 7.96. The van der Waals surface area contributed by atoms with Gasteiger partial charge in [-0.3, -0.25) is 4.79 Å². The molecule has 3 aromatic carbocycles. The summed E-state index contributed by atoms with van der Waals surface area (Å²) in [6.07, 6.45) is 0.434. The van der Waals surface area contributed by atoms with Gasteiger partial charge >= 0.3 is 0 Å². The van der Waals surface area contributed by atoms with Crippen LogP contribution in [-0.4, -0.2) is 11.6 Å². The topological polar surface area (TPSA) is 34.1 Å². The molecule has 2 nitrogen and oxygen atoms in total. The average Bonchev–Trinajstić information content (AvgIpc) is 2.68. The largest absolute Gasteiger partial charge is 0.300 e. The molecule has 1 aliphatic rings. The Balaban J connectivity index is 1.94. The SMILES string of the molecule is CC(=O)C[C@H](c1ccc(Br)cc1)C1c2ccccc2C(=O)c2ccccc21. The third-order valence-electron chi connectivity index (χ3n) is 5.29. The summed E-state index contributed by atoms with van der Waals surface area (Å²) >= 11 is 3.49. The Morgan fingerprint density at radius 1 is 0.889 bits per heavy atom. The number of carbonyl (C=O) groups is 2. The highest BCUT2D eigenvalue weighted by Gasteiger charge is 2.36. The second kappa shape index (κ2) is 7.24. The van der Waals surface area contributed by atoms with E-state index in [0.29, 0.717) is 6.42 Å². The van der Waals surface area contributed by atoms with E-state index in [1.54, 1.807) is 6.92 Å². The van der Waals surface area contributed by atoms with Gasteiger partial charge in [-0.1, -0.05) is 76.6 Å². The molecule has 3 heteroatoms. The Morgan fingerprint density at radius 2 is 1.41 bits per heavy atom. The van der Waals surface area contributed by atoms with E-state index in [4.69, 9.17) is 0 Å². The van der Waals surface area contributed by atoms with Crippen molar-refractivity contribution in [2.75, 3.05) is 0 Å². The van der Waals surface area contributed by atoms with Crippen molar-refractivity contribution < 1.29 is 9.59 Å². The van der Waals surface area contributed by atoms with Gasteiger partial charge in [-0.25, -0.2) is 0 Å². The minimum absolute atomic E-state index is 0.0222. The van der Waals surface area contributed by atoms with Crippen LogP contribution in [0.15, 0.2) is 77.3 Å². The van der Waals surface area contributed by atoms with Gasteiger partial charge in [0.05, 0.1) is 0 Å². The van der Waals surface area contributed by atoms with Crippen molar-refractivity contribution in [2.24, 2.45) is 0 Å². The van der Waals surface area contributed by atoms with Crippen molar-refractivity contribution in [3.8, 4) is 0 Å². The van der Waals surface area contributed by atoms with Crippen molar-refractivity contribution in [1.29, 1.82) is 0 Å². The van der Waals surface area contributed by atoms with E-state index in [9.17, 15) is 9.59 Å². The molecule has 0 fully saturated rings. The fourth-order valence-electron chi connectivity index (χ4n) is 4.14. The van der Waals surface area contributed by atoms with Crippen molar-refractivity contribution in [2.45, 2.75) is 25.2 Å². The van der Waals surface area contributed by atoms with Gasteiger partial charge in [0, 0.05) is 33.9 Å². The lowest BCUT2D eigenvalue weighted by Gasteiger charge is -2.34. The molecule has 1 atom stereocenters. The molecule has 0 heterocycles. The molecule has 0 N–H and O–H groups in total. The zero-order valence-electron chi connectivity index (χ0n) is 15.0. The standard InChI is InChI=1S/C24H19BrO2/c1-15(26)14-22(16-10-12-17(25)13-11-16)23-18-6-2-4-8-20(18)24(27)21-9-5-3-7-19(21)23/h2-13,22-23H,14H2,1H3/t22-/m1/s1. The van der Waals surface area contributed by atoms with Crippen molar-refractivity contribution in [1.82, 2.24) is 0 Å². The number of ketones is 2. The van der Waals surface area contributed by atoms with E-state index < -0.39 is 0 Å². The van der Waals surface area contributed by atoms with Gasteiger partial charge in [-0.05, 0) is 35.7 Å². The molecule has 0 aromatic heterocycles. The molecule has 0 radical (unpaired) electrons. The molecular weight excluding hydrogens is 400 g/mol. The number of hydrogen-bond donors (Lipinski definition) is 0. The third-order valence-corrected chi connectivity index (χ3v) is 5.82. The van der Waals surface area contributed by atoms with Gasteiger partial charge in [0.1, 0.15) is 5.78 Å². The Bertz CT molecular complexity index is 971. The Labute approximate surface area is 167 Å². The summed E-state index contributed by atoms with van der Waals surface area (Å²) < 4.78 is 1.01. The monoisotopic (exact) mass is 418 g/mol. The molecule has 3 aromatic rings. The predicted octanol–water partition coefficient (Wildman–Crippen LogP) is 5.89. The maximum Gasteiger partial charge on any atom is 0.193 e. The first kappa shape index (κ1) is 17.9. The zero-order valence-corrected chi connectivity index (χ0v) is 16.6. The van der Waals surface area contributed by atoms with E-state index in [-0.39, 0.29) is 23.4 Å². The summed E-state index contributed by atoms with van der Waals surface area (Å²) in [5.74, 6) is 0.163. The summed E-state index contributed by atoms with van der Waals surface area (Å²) in [7, 11) is 0. The van der Waals surface area contributed by atoms with Gasteiger partial charge < -0.3 is 4.79 Å². The van der Waals surface area contributed by atoms with Gasteiger partial charge in [0.2, 0.25) is 0 Å². The molecule has 27 heavy (non-hydrogen) atoms. The van der Waals surface area contributed by atoms with Crippen LogP contribution in [0.4, 0.5) is 0 Å². The van der Waals surface area contributed by atoms with Crippen LogP contribution < -0.4 is 0 Å². The van der Waals surface area contributed by atoms with Crippen molar-refractivity contribution in [3.63, 3.8) is 0 Å². The summed E-state index contributed by atoms with van der Waals surface area (Å²) in [5.41, 5.74) is 4.61. The van der Waals surface area contributed by atoms with Crippen LogP contribution in [-0.2, 0) is 4.79 Å². The Morgan fingerprint density at radius 3 is 1.93 bits per heavy atom. The van der Waals surface area contributed by atoms with E-state index in [0.717, 1.165) is 32.3 Å². The number of fused-ring (bicyclic) bond motifs is 2. The maximum atomic E-state index is 13.0. The summed E-state index contributed by atoms with van der Waals surface area (Å²) in [6, 6.07) is 23.8. The van der Waals surface area contributed by atoms with Crippen molar-refractivity contribution in [3.05, 3.63) is 105 Å². The molecule has 0 unspecified atom stereocenters. The minimum atomic E-state index is -0.0276. The van der Waals surface area contributed by atoms with E-state index in [2.05, 4.69) is 28.1 Å². The summed E-state index contributed by atoms with van der Waals surface area (Å²) in [6.45, 7) is 1.64. The van der Waals surface area contributed by atoms with Crippen molar-refractivity contribution >= 4 is 27.5 Å². The van der Waals surface area contributed by atoms with Crippen LogP contribution in [0.1, 0.15) is 57.8 Å². The molecule has 0 saturated heterocycles. The maximum absolute atomic E-state index is 13.0. The highest BCUT2D eigenvalue weighted by Crippen LogP contribution is 2.46. The van der Waals surface area contributed by atoms with E-state index in [1.807, 2.05) is 60.7 Å². The third kappa shape index (κ3) is 3.28. The quantitative estimate of drug-likeness (QED) is 0.529. The van der Waals surface area contributed by atoms with Crippen LogP contribution in [0.2, 0.25) is 0 Å². The highest BCUT2D eigenvalue weighted by molar-refractivity contribution is 9.10. The molecule has 1 aliphatic carbocycles. The van der Waals surface area contributed by atoms with Crippen LogP contribution in [0.25, 0.3) is 0 Å². The highest BCUT2D eigenvalue weighted by atomic mass is 79.9. The number of rotatable bonds is 4. The normalized spacial score (nSPS) is 14.4. The second-order valence-electron chi connectivity index (χ2n) is 7.05. The van der Waals surface area contributed by atoms with Crippen LogP contribution in [0.3, 0.4) is 0 Å². The zero-order chi connectivity index (χ0) is 19.0. The lowest BCUT2D eigenvalue weighted by Crippen LogP contribution is -2.25. The van der Waals surface area contributed by atoms with Crippen LogP contribution in [0.5, 0.6) is 0 Å². The molecule has 0 amide bonds. The van der Waals surface area contributed by atoms with Gasteiger partial charge in [0.15, 0.2) is 5.78 Å². The predicted molar refractivity (Wildman–Crippen MR) is 110 cm³/mol. The van der Waals surface area contributed by atoms with E-state index in [1.165, 1.54) is 0 Å². The molecular formula is C24H19BrO2. The first-order valence-electron chi connectivity index (χ1n) is 9.03. The van der Waals surface area contributed by atoms with E-state index >= 15 is 0 Å². The molecule has 0 spiro atoms. The molecule has 134 valence electrons. The average molecular weight is 419 g/mol. The fraction of sp³-hybridized carbons (Fsp3) is 0.167. The number of halogens is 1. The molecule has 4 rings (SSSR count). The van der Waals surface area contributed by atoms with Crippen LogP contribution in [0, 0.1) is 0 Å². The number of hydrogen-bond acceptors (Lipinski definition) is 2. The number of carbonyl (C=O) groups excluding carboxylic acids is 2. The number of Topliss-reactive ketones (excluding diaryl/α,β-unsaturated/α-hetero) is 1. The minimum Gasteiger partial charge on any atom is -0.300 e. The number of benzene rings is 3. The molecule has 0 aliphatic heterocycles. The first-order chi connectivity index (χ1) is 13.1. The molecule has 0 bridgehead atoms. The fourth-order valence-corrected chi connectivity index (χ4v) is 4.41. The molecule has 0 saturated carbocycles. The first-order valence-corrected chi connectivity index (χ1v) is 9.83. The Kier molecular flexibility index (Phi) is 4.79. The Hall–Kier alpha value is -2.52. The summed E-state index contributed by atoms with van der Waals surface area (Å²) in [5, 5.41) is 0. The lowest BCUT2D eigenvalue weighted by atomic mass is 9.68. The van der Waals surface area contributed by atoms with Gasteiger partial charge in [-0.2, -0.15) is 0 Å². The lowest BCUT2D eigenvalue weighted by molar-refractivity contribution is -0.117. The van der Waals surface area contributed by atoms with Gasteiger partial charge in [-0.15, -0.1) is 0 Å². The summed E-state index contributed by atoms with van der Waals surface area (Å²) in [4.78, 5) is 25.2. The smallest absolute Gasteiger partial charge is 0.193 e.